The van der Waals surface area contributed by atoms with E-state index < -0.39 is 0 Å². The molecule has 0 radical (unpaired) electrons. The van der Waals surface area contributed by atoms with Gasteiger partial charge in [-0.1, -0.05) is 42.4 Å². The summed E-state index contributed by atoms with van der Waals surface area (Å²) >= 11 is 0. The van der Waals surface area contributed by atoms with Crippen molar-refractivity contribution in [3.8, 4) is 11.3 Å². The molecule has 2 unspecified atom stereocenters. The first-order chi connectivity index (χ1) is 9.61. The van der Waals surface area contributed by atoms with Crippen molar-refractivity contribution in [1.29, 1.82) is 0 Å². The molecule has 2 aromatic rings. The lowest BCUT2D eigenvalue weighted by Gasteiger charge is -2.18. The van der Waals surface area contributed by atoms with E-state index in [1.54, 1.807) is 6.07 Å². The van der Waals surface area contributed by atoms with Crippen molar-refractivity contribution in [1.82, 2.24) is 10.5 Å². The van der Waals surface area contributed by atoms with Crippen LogP contribution >= 0.6 is 0 Å². The van der Waals surface area contributed by atoms with Gasteiger partial charge in [0.05, 0.1) is 0 Å². The van der Waals surface area contributed by atoms with E-state index in [-0.39, 0.29) is 30.2 Å². The fourth-order valence-corrected chi connectivity index (χ4v) is 1.70. The van der Waals surface area contributed by atoms with Crippen molar-refractivity contribution < 1.29 is 14.4 Å². The van der Waals surface area contributed by atoms with Gasteiger partial charge in [-0.25, -0.2) is 0 Å². The van der Waals surface area contributed by atoms with Gasteiger partial charge in [-0.15, -0.1) is 0 Å². The van der Waals surface area contributed by atoms with Crippen molar-refractivity contribution in [2.24, 2.45) is 5.92 Å². The minimum atomic E-state index is -0.302. The second-order valence-electron chi connectivity index (χ2n) is 4.86. The predicted molar refractivity (Wildman–Crippen MR) is 75.1 cm³/mol. The molecule has 0 fully saturated rings. The van der Waals surface area contributed by atoms with Crippen molar-refractivity contribution in [2.45, 2.75) is 19.9 Å². The lowest BCUT2D eigenvalue weighted by Crippen LogP contribution is -2.38. The Morgan fingerprint density at radius 2 is 2.05 bits per heavy atom. The summed E-state index contributed by atoms with van der Waals surface area (Å²) in [5.74, 6) is 0.238. The Morgan fingerprint density at radius 1 is 1.35 bits per heavy atom. The van der Waals surface area contributed by atoms with Crippen molar-refractivity contribution in [2.75, 3.05) is 6.61 Å². The molecule has 0 aliphatic rings. The van der Waals surface area contributed by atoms with Crippen LogP contribution in [0.1, 0.15) is 24.3 Å². The van der Waals surface area contributed by atoms with Crippen molar-refractivity contribution >= 4 is 5.91 Å². The van der Waals surface area contributed by atoms with Gasteiger partial charge in [-0.3, -0.25) is 4.79 Å². The molecule has 1 amide bonds. The maximum atomic E-state index is 12.0. The maximum Gasteiger partial charge on any atom is 0.273 e. The molecule has 1 aromatic carbocycles. The van der Waals surface area contributed by atoms with Gasteiger partial charge in [-0.05, 0) is 12.8 Å². The molecular formula is C15H18N2O3. The molecule has 1 heterocycles. The van der Waals surface area contributed by atoms with Gasteiger partial charge in [0.2, 0.25) is 0 Å². The van der Waals surface area contributed by atoms with Gasteiger partial charge >= 0.3 is 0 Å². The molecule has 0 spiro atoms. The highest BCUT2D eigenvalue weighted by molar-refractivity contribution is 5.93. The Balaban J connectivity index is 2.07. The minimum Gasteiger partial charge on any atom is -0.396 e. The smallest absolute Gasteiger partial charge is 0.273 e. The van der Waals surface area contributed by atoms with E-state index in [9.17, 15) is 4.79 Å². The molecule has 1 aromatic heterocycles. The highest BCUT2D eigenvalue weighted by Crippen LogP contribution is 2.19. The molecule has 2 N–H and O–H groups in total. The molecule has 0 aliphatic heterocycles. The first-order valence-electron chi connectivity index (χ1n) is 6.55. The fraction of sp³-hybridized carbons (Fsp3) is 0.333. The number of nitrogens with one attached hydrogen (secondary N) is 1. The van der Waals surface area contributed by atoms with Crippen LogP contribution in [-0.4, -0.2) is 28.8 Å². The van der Waals surface area contributed by atoms with Crippen LogP contribution in [0.4, 0.5) is 0 Å². The first-order valence-corrected chi connectivity index (χ1v) is 6.55. The predicted octanol–water partition coefficient (Wildman–Crippen LogP) is 2.09. The Kier molecular flexibility index (Phi) is 4.53. The zero-order valence-electron chi connectivity index (χ0n) is 11.5. The highest BCUT2D eigenvalue weighted by atomic mass is 16.5. The van der Waals surface area contributed by atoms with E-state index in [1.165, 1.54) is 0 Å². The van der Waals surface area contributed by atoms with Gasteiger partial charge in [0.1, 0.15) is 0 Å². The van der Waals surface area contributed by atoms with Crippen molar-refractivity contribution in [3.63, 3.8) is 0 Å². The van der Waals surface area contributed by atoms with Gasteiger partial charge < -0.3 is 14.9 Å². The number of hydrogen-bond acceptors (Lipinski definition) is 4. The average Bonchev–Trinajstić information content (AvgIpc) is 2.97. The van der Waals surface area contributed by atoms with Gasteiger partial charge in [0, 0.05) is 24.3 Å². The number of rotatable bonds is 5. The molecule has 20 heavy (non-hydrogen) atoms. The number of aliphatic hydroxyl groups is 1. The summed E-state index contributed by atoms with van der Waals surface area (Å²) < 4.78 is 5.18. The Bertz CT molecular complexity index is 566. The van der Waals surface area contributed by atoms with E-state index in [0.717, 1.165) is 5.56 Å². The topological polar surface area (TPSA) is 75.4 Å². The molecule has 5 heteroatoms. The van der Waals surface area contributed by atoms with Crippen LogP contribution in [0.25, 0.3) is 11.3 Å². The third-order valence-electron chi connectivity index (χ3n) is 3.30. The summed E-state index contributed by atoms with van der Waals surface area (Å²) in [7, 11) is 0. The molecule has 2 atom stereocenters. The zero-order valence-corrected chi connectivity index (χ0v) is 11.5. The number of aromatic nitrogens is 1. The lowest BCUT2D eigenvalue weighted by molar-refractivity contribution is 0.0907. The lowest BCUT2D eigenvalue weighted by atomic mass is 10.1. The maximum absolute atomic E-state index is 12.0. The van der Waals surface area contributed by atoms with E-state index in [1.807, 2.05) is 44.2 Å². The van der Waals surface area contributed by atoms with E-state index in [2.05, 4.69) is 10.5 Å². The molecular weight excluding hydrogens is 256 g/mol. The van der Waals surface area contributed by atoms with Gasteiger partial charge in [0.25, 0.3) is 5.91 Å². The monoisotopic (exact) mass is 274 g/mol. The quantitative estimate of drug-likeness (QED) is 0.875. The second kappa shape index (κ2) is 6.34. The Morgan fingerprint density at radius 3 is 2.70 bits per heavy atom. The largest absolute Gasteiger partial charge is 0.396 e. The van der Waals surface area contributed by atoms with Crippen LogP contribution < -0.4 is 5.32 Å². The van der Waals surface area contributed by atoms with Crippen LogP contribution in [0, 0.1) is 5.92 Å². The van der Waals surface area contributed by atoms with Crippen LogP contribution in [0.2, 0.25) is 0 Å². The summed E-state index contributed by atoms with van der Waals surface area (Å²) in [6, 6.07) is 10.9. The zero-order chi connectivity index (χ0) is 14.5. The number of amides is 1. The normalized spacial score (nSPS) is 13.8. The molecule has 5 nitrogen and oxygen atoms in total. The van der Waals surface area contributed by atoms with Crippen LogP contribution in [-0.2, 0) is 0 Å². The number of benzene rings is 1. The molecule has 0 bridgehead atoms. The van der Waals surface area contributed by atoms with Crippen LogP contribution in [0.15, 0.2) is 40.9 Å². The fourth-order valence-electron chi connectivity index (χ4n) is 1.70. The van der Waals surface area contributed by atoms with E-state index in [0.29, 0.717) is 5.76 Å². The molecule has 2 rings (SSSR count). The number of hydrogen-bond donors (Lipinski definition) is 2. The summed E-state index contributed by atoms with van der Waals surface area (Å²) in [6.07, 6.45) is 0. The standard InChI is InChI=1S/C15H18N2O3/c1-10(9-18)11(2)16-15(19)13-8-14(20-17-13)12-6-4-3-5-7-12/h3-8,10-11,18H,9H2,1-2H3,(H,16,19). The molecule has 0 aliphatic carbocycles. The number of carbonyl (C=O) groups excluding carboxylic acids is 1. The summed E-state index contributed by atoms with van der Waals surface area (Å²) in [5, 5.41) is 15.6. The van der Waals surface area contributed by atoms with E-state index >= 15 is 0 Å². The number of carbonyl (C=O) groups is 1. The molecule has 106 valence electrons. The third-order valence-corrected chi connectivity index (χ3v) is 3.30. The van der Waals surface area contributed by atoms with Crippen LogP contribution in [0.3, 0.4) is 0 Å². The molecule has 0 saturated heterocycles. The van der Waals surface area contributed by atoms with Crippen molar-refractivity contribution in [3.05, 3.63) is 42.1 Å². The first kappa shape index (κ1) is 14.3. The average molecular weight is 274 g/mol. The van der Waals surface area contributed by atoms with Gasteiger partial charge in [-0.2, -0.15) is 0 Å². The minimum absolute atomic E-state index is 0.0144. The van der Waals surface area contributed by atoms with E-state index in [4.69, 9.17) is 9.63 Å². The van der Waals surface area contributed by atoms with Crippen LogP contribution in [0.5, 0.6) is 0 Å². The third kappa shape index (κ3) is 3.24. The number of nitrogens with zero attached hydrogens (tertiary/aromatic N) is 1. The molecule has 0 saturated carbocycles. The summed E-state index contributed by atoms with van der Waals surface area (Å²) in [6.45, 7) is 3.73. The summed E-state index contributed by atoms with van der Waals surface area (Å²) in [5.41, 5.74) is 1.11. The Labute approximate surface area is 117 Å². The number of aliphatic hydroxyl groups excluding tert-OH is 1. The summed E-state index contributed by atoms with van der Waals surface area (Å²) in [4.78, 5) is 12.0. The van der Waals surface area contributed by atoms with Gasteiger partial charge in [0.15, 0.2) is 11.5 Å². The second-order valence-corrected chi connectivity index (χ2v) is 4.86. The highest BCUT2D eigenvalue weighted by Gasteiger charge is 2.18. The SMILES string of the molecule is CC(CO)C(C)NC(=O)c1cc(-c2ccccc2)on1. The Hall–Kier alpha value is -2.14.